The molecule has 162 valence electrons. The largest absolute Gasteiger partial charge is 0.395 e. The topological polar surface area (TPSA) is 116 Å². The van der Waals surface area contributed by atoms with E-state index in [1.54, 1.807) is 25.1 Å². The summed E-state index contributed by atoms with van der Waals surface area (Å²) in [6.45, 7) is 4.88. The smallest absolute Gasteiger partial charge is 0.252 e. The van der Waals surface area contributed by atoms with E-state index < -0.39 is 10.0 Å². The van der Waals surface area contributed by atoms with Crippen LogP contribution in [0.4, 0.5) is 0 Å². The van der Waals surface area contributed by atoms with Gasteiger partial charge in [0, 0.05) is 29.6 Å². The van der Waals surface area contributed by atoms with E-state index in [-0.39, 0.29) is 30.2 Å². The van der Waals surface area contributed by atoms with Crippen LogP contribution in [0, 0.1) is 20.8 Å². The molecule has 2 N–H and O–H groups in total. The highest BCUT2D eigenvalue weighted by molar-refractivity contribution is 7.89. The van der Waals surface area contributed by atoms with Crippen LogP contribution in [0.3, 0.4) is 0 Å². The Morgan fingerprint density at radius 1 is 1.10 bits per heavy atom. The predicted molar refractivity (Wildman–Crippen MR) is 121 cm³/mol. The van der Waals surface area contributed by atoms with Crippen LogP contribution < -0.4 is 5.56 Å². The molecule has 0 amide bonds. The van der Waals surface area contributed by atoms with E-state index in [1.807, 2.05) is 26.0 Å². The first kappa shape index (κ1) is 21.6. The Morgan fingerprint density at radius 2 is 1.87 bits per heavy atom. The number of aromatic nitrogens is 3. The third kappa shape index (κ3) is 3.87. The number of rotatable bonds is 6. The zero-order valence-corrected chi connectivity index (χ0v) is 19.0. The highest BCUT2D eigenvalue weighted by Crippen LogP contribution is 2.29. The number of aryl methyl sites for hydroxylation is 3. The van der Waals surface area contributed by atoms with Crippen molar-refractivity contribution in [3.63, 3.8) is 0 Å². The summed E-state index contributed by atoms with van der Waals surface area (Å²) in [4.78, 5) is 15.6. The Labute approximate surface area is 183 Å². The van der Waals surface area contributed by atoms with Crippen LogP contribution in [0.5, 0.6) is 0 Å². The molecule has 31 heavy (non-hydrogen) atoms. The van der Waals surface area contributed by atoms with Crippen LogP contribution in [-0.4, -0.2) is 44.7 Å². The molecule has 0 saturated carbocycles. The summed E-state index contributed by atoms with van der Waals surface area (Å²) in [5.74, 6) is 0. The monoisotopic (exact) mass is 458 g/mol. The van der Waals surface area contributed by atoms with Crippen LogP contribution in [-0.2, 0) is 16.6 Å². The van der Waals surface area contributed by atoms with Crippen LogP contribution >= 0.6 is 11.7 Å². The minimum atomic E-state index is -4.05. The van der Waals surface area contributed by atoms with E-state index in [4.69, 9.17) is 0 Å². The van der Waals surface area contributed by atoms with E-state index in [2.05, 4.69) is 13.7 Å². The average Bonchev–Trinajstić information content (AvgIpc) is 3.16. The van der Waals surface area contributed by atoms with Crippen LogP contribution in [0.2, 0.25) is 0 Å². The van der Waals surface area contributed by atoms with Crippen molar-refractivity contribution in [1.29, 1.82) is 0 Å². The number of sulfonamides is 1. The van der Waals surface area contributed by atoms with Crippen molar-refractivity contribution in [2.45, 2.75) is 32.2 Å². The predicted octanol–water partition coefficient (Wildman–Crippen LogP) is 2.64. The number of nitrogens with zero attached hydrogens (tertiary/aromatic N) is 3. The van der Waals surface area contributed by atoms with Gasteiger partial charge in [0.2, 0.25) is 10.0 Å². The second kappa shape index (κ2) is 8.12. The Hall–Kier alpha value is -2.66. The standard InChI is InChI=1S/C21H22N4O4S2/c1-12-8-14(3)16-10-15(21(27)22-18(16)9-12)11-25(6-7-26)31(28,29)20-13(2)4-5-17-19(20)24-30-23-17/h4-5,8-10,26H,6-7,11H2,1-3H3,(H,22,27). The van der Waals surface area contributed by atoms with Gasteiger partial charge in [0.05, 0.1) is 18.3 Å². The van der Waals surface area contributed by atoms with Crippen molar-refractivity contribution < 1.29 is 13.5 Å². The molecule has 4 aromatic rings. The molecular formula is C21H22N4O4S2. The molecule has 0 radical (unpaired) electrons. The van der Waals surface area contributed by atoms with Gasteiger partial charge in [-0.1, -0.05) is 12.1 Å². The molecule has 8 nitrogen and oxygen atoms in total. The summed E-state index contributed by atoms with van der Waals surface area (Å²) in [6.07, 6.45) is 0. The van der Waals surface area contributed by atoms with Crippen molar-refractivity contribution in [3.05, 3.63) is 62.9 Å². The molecule has 0 atom stereocenters. The maximum absolute atomic E-state index is 13.6. The quantitative estimate of drug-likeness (QED) is 0.459. The molecule has 2 heterocycles. The molecule has 0 fully saturated rings. The molecule has 2 aromatic carbocycles. The first-order valence-corrected chi connectivity index (χ1v) is 11.9. The molecule has 0 saturated heterocycles. The van der Waals surface area contributed by atoms with Crippen molar-refractivity contribution in [1.82, 2.24) is 18.0 Å². The molecule has 0 aliphatic rings. The SMILES string of the molecule is Cc1cc(C)c2cc(CN(CCO)S(=O)(=O)c3c(C)ccc4nsnc34)c(=O)[nH]c2c1. The summed E-state index contributed by atoms with van der Waals surface area (Å²) in [5.41, 5.74) is 3.98. The Morgan fingerprint density at radius 3 is 2.61 bits per heavy atom. The van der Waals surface area contributed by atoms with Gasteiger partial charge in [0.15, 0.2) is 0 Å². The van der Waals surface area contributed by atoms with E-state index in [0.717, 1.165) is 32.5 Å². The van der Waals surface area contributed by atoms with Gasteiger partial charge in [0.25, 0.3) is 5.56 Å². The van der Waals surface area contributed by atoms with E-state index in [1.165, 1.54) is 0 Å². The van der Waals surface area contributed by atoms with Crippen molar-refractivity contribution >= 4 is 43.7 Å². The average molecular weight is 459 g/mol. The van der Waals surface area contributed by atoms with Crippen LogP contribution in [0.1, 0.15) is 22.3 Å². The molecule has 10 heteroatoms. The van der Waals surface area contributed by atoms with Gasteiger partial charge < -0.3 is 10.1 Å². The second-order valence-electron chi connectivity index (χ2n) is 7.57. The number of aliphatic hydroxyl groups is 1. The first-order chi connectivity index (χ1) is 14.7. The number of hydrogen-bond acceptors (Lipinski definition) is 7. The fourth-order valence-electron chi connectivity index (χ4n) is 3.80. The zero-order chi connectivity index (χ0) is 22.3. The zero-order valence-electron chi connectivity index (χ0n) is 17.3. The maximum Gasteiger partial charge on any atom is 0.252 e. The number of aliphatic hydroxyl groups excluding tert-OH is 1. The maximum atomic E-state index is 13.6. The number of pyridine rings is 1. The molecule has 0 spiro atoms. The van der Waals surface area contributed by atoms with Gasteiger partial charge in [-0.3, -0.25) is 4.79 Å². The van der Waals surface area contributed by atoms with Crippen molar-refractivity contribution in [2.75, 3.05) is 13.2 Å². The highest BCUT2D eigenvalue weighted by Gasteiger charge is 2.30. The van der Waals surface area contributed by atoms with Gasteiger partial charge in [-0.05, 0) is 55.7 Å². The summed E-state index contributed by atoms with van der Waals surface area (Å²) in [7, 11) is -4.05. The van der Waals surface area contributed by atoms with E-state index in [9.17, 15) is 18.3 Å². The molecular weight excluding hydrogens is 436 g/mol. The highest BCUT2D eigenvalue weighted by atomic mass is 32.2. The first-order valence-electron chi connectivity index (χ1n) is 9.68. The number of H-pyrrole nitrogens is 1. The number of benzene rings is 2. The molecule has 0 unspecified atom stereocenters. The van der Waals surface area contributed by atoms with Crippen LogP contribution in [0.25, 0.3) is 21.9 Å². The van der Waals surface area contributed by atoms with Gasteiger partial charge >= 0.3 is 0 Å². The second-order valence-corrected chi connectivity index (χ2v) is 9.98. The molecule has 4 rings (SSSR count). The number of hydrogen-bond donors (Lipinski definition) is 2. The van der Waals surface area contributed by atoms with Gasteiger partial charge in [-0.2, -0.15) is 13.1 Å². The third-order valence-electron chi connectivity index (χ3n) is 5.26. The third-order valence-corrected chi connectivity index (χ3v) is 7.83. The lowest BCUT2D eigenvalue weighted by molar-refractivity contribution is 0.251. The van der Waals surface area contributed by atoms with E-state index in [0.29, 0.717) is 27.7 Å². The van der Waals surface area contributed by atoms with E-state index >= 15 is 0 Å². The molecule has 2 aromatic heterocycles. The molecule has 0 bridgehead atoms. The van der Waals surface area contributed by atoms with Gasteiger partial charge in [0.1, 0.15) is 15.9 Å². The summed E-state index contributed by atoms with van der Waals surface area (Å²) in [5, 5.41) is 10.4. The Kier molecular flexibility index (Phi) is 5.65. The number of aromatic amines is 1. The Balaban J connectivity index is 1.83. The lowest BCUT2D eigenvalue weighted by atomic mass is 10.0. The summed E-state index contributed by atoms with van der Waals surface area (Å²) < 4.78 is 36.6. The minimum Gasteiger partial charge on any atom is -0.395 e. The van der Waals surface area contributed by atoms with Crippen molar-refractivity contribution in [2.24, 2.45) is 0 Å². The van der Waals surface area contributed by atoms with Gasteiger partial charge in [-0.15, -0.1) is 0 Å². The molecule has 0 aliphatic carbocycles. The minimum absolute atomic E-state index is 0.0521. The lowest BCUT2D eigenvalue weighted by Gasteiger charge is -2.22. The molecule has 0 aliphatic heterocycles. The van der Waals surface area contributed by atoms with Gasteiger partial charge in [-0.25, -0.2) is 8.42 Å². The van der Waals surface area contributed by atoms with Crippen molar-refractivity contribution in [3.8, 4) is 0 Å². The Bertz CT molecular complexity index is 1460. The number of fused-ring (bicyclic) bond motifs is 2. The lowest BCUT2D eigenvalue weighted by Crippen LogP contribution is -2.35. The fraction of sp³-hybridized carbons (Fsp3) is 0.286. The fourth-order valence-corrected chi connectivity index (χ4v) is 6.16. The van der Waals surface area contributed by atoms with Crippen LogP contribution in [0.15, 0.2) is 40.0 Å². The summed E-state index contributed by atoms with van der Waals surface area (Å²) in [6, 6.07) is 9.02. The summed E-state index contributed by atoms with van der Waals surface area (Å²) >= 11 is 0.940. The normalized spacial score (nSPS) is 12.3. The number of nitrogens with one attached hydrogen (secondary N) is 1.